The second-order valence-electron chi connectivity index (χ2n) is 9.16. The van der Waals surface area contributed by atoms with E-state index in [9.17, 15) is 44.3 Å². The van der Waals surface area contributed by atoms with Gasteiger partial charge in [0.1, 0.15) is 17.6 Å². The zero-order valence-corrected chi connectivity index (χ0v) is 21.6. The Morgan fingerprint density at radius 1 is 1.15 bits per heavy atom. The Morgan fingerprint density at radius 3 is 2.33 bits per heavy atom. The normalized spacial score (nSPS) is 19.7. The number of carbonyl (C=O) groups excluding carboxylic acids is 1. The molecule has 0 bridgehead atoms. The van der Waals surface area contributed by atoms with Gasteiger partial charge in [-0.25, -0.2) is 9.37 Å². The molecular weight excluding hydrogens is 559 g/mol. The Labute approximate surface area is 222 Å². The number of aromatic nitrogens is 1. The smallest absolute Gasteiger partial charge is 0.433 e. The maximum Gasteiger partial charge on any atom is 0.433 e. The number of rotatable bonds is 8. The van der Waals surface area contributed by atoms with Crippen molar-refractivity contribution in [2.45, 2.75) is 63.5 Å². The molecule has 216 valence electrons. The van der Waals surface area contributed by atoms with E-state index in [0.717, 1.165) is 19.2 Å². The summed E-state index contributed by atoms with van der Waals surface area (Å²) in [6.45, 7) is 1.13. The van der Waals surface area contributed by atoms with Crippen molar-refractivity contribution in [2.24, 2.45) is 5.92 Å². The van der Waals surface area contributed by atoms with Crippen LogP contribution in [0.2, 0.25) is 0 Å². The molecule has 2 unspecified atom stereocenters. The largest absolute Gasteiger partial charge is 0.755 e. The summed E-state index contributed by atoms with van der Waals surface area (Å²) >= 11 is -2.71. The highest BCUT2D eigenvalue weighted by Gasteiger charge is 2.42. The predicted molar refractivity (Wildman–Crippen MR) is 126 cm³/mol. The molecule has 0 radical (unpaired) electrons. The van der Waals surface area contributed by atoms with Crippen LogP contribution in [-0.2, 0) is 28.8 Å². The minimum Gasteiger partial charge on any atom is -0.755 e. The van der Waals surface area contributed by atoms with Gasteiger partial charge in [-0.2, -0.15) is 26.3 Å². The predicted octanol–water partition coefficient (Wildman–Crippen LogP) is 5.39. The lowest BCUT2D eigenvalue weighted by atomic mass is 9.87. The molecule has 15 heteroatoms. The molecule has 3 rings (SSSR count). The first-order chi connectivity index (χ1) is 18.1. The summed E-state index contributed by atoms with van der Waals surface area (Å²) in [4.78, 5) is 16.2. The summed E-state index contributed by atoms with van der Waals surface area (Å²) < 4.78 is 121. The first-order valence-corrected chi connectivity index (χ1v) is 12.8. The Balaban J connectivity index is 1.72. The molecule has 0 saturated heterocycles. The van der Waals surface area contributed by atoms with Crippen LogP contribution in [-0.4, -0.2) is 39.0 Å². The first-order valence-electron chi connectivity index (χ1n) is 11.8. The van der Waals surface area contributed by atoms with E-state index in [1.165, 1.54) is 19.1 Å². The highest BCUT2D eigenvalue weighted by atomic mass is 32.2. The van der Waals surface area contributed by atoms with E-state index in [0.29, 0.717) is 10.4 Å². The molecule has 0 aliphatic heterocycles. The van der Waals surface area contributed by atoms with Gasteiger partial charge in [0.15, 0.2) is 0 Å². The van der Waals surface area contributed by atoms with Crippen LogP contribution in [0.15, 0.2) is 30.3 Å². The van der Waals surface area contributed by atoms with Gasteiger partial charge in [-0.1, -0.05) is 6.07 Å². The van der Waals surface area contributed by atoms with Gasteiger partial charge in [0.05, 0.1) is 17.5 Å². The second-order valence-corrected chi connectivity index (χ2v) is 10.1. The molecule has 1 fully saturated rings. The Hall–Kier alpha value is -2.94. The van der Waals surface area contributed by atoms with Crippen LogP contribution in [0.5, 0.6) is 5.88 Å². The number of anilines is 1. The molecule has 1 aliphatic carbocycles. The molecule has 1 aliphatic rings. The first kappa shape index (κ1) is 30.6. The number of nitrogens with zero attached hydrogens (tertiary/aromatic N) is 2. The molecule has 0 spiro atoms. The minimum absolute atomic E-state index is 0.0262. The Morgan fingerprint density at radius 2 is 1.79 bits per heavy atom. The van der Waals surface area contributed by atoms with Crippen LogP contribution in [0.25, 0.3) is 0 Å². The van der Waals surface area contributed by atoms with Crippen molar-refractivity contribution in [1.82, 2.24) is 10.3 Å². The summed E-state index contributed by atoms with van der Waals surface area (Å²) in [5.74, 6) is -4.40. The van der Waals surface area contributed by atoms with Crippen molar-refractivity contribution in [1.29, 1.82) is 0 Å². The number of pyridine rings is 1. The van der Waals surface area contributed by atoms with Crippen molar-refractivity contribution >= 4 is 22.9 Å². The summed E-state index contributed by atoms with van der Waals surface area (Å²) in [7, 11) is 1.14. The third-order valence-corrected chi connectivity index (χ3v) is 7.17. The van der Waals surface area contributed by atoms with E-state index in [4.69, 9.17) is 4.74 Å². The standard InChI is InChI=1S/C24H26F7N3O4S/c1-13(14-3-9-19(18(25)11-14)34(2)39(36)37)21(35)32-12-15-4-10-20(24(29,30)31)33-22(15)38-17-7-5-16(6-8-17)23(26,27)28/h3-4,9-11,13,16-17H,5-8,12H2,1-2H3,(H,32,35)(H,36,37)/p-1. The maximum absolute atomic E-state index is 14.4. The number of hydrogen-bond donors (Lipinski definition) is 1. The van der Waals surface area contributed by atoms with E-state index in [2.05, 4.69) is 10.3 Å². The molecule has 2 aromatic rings. The topological polar surface area (TPSA) is 94.6 Å². The highest BCUT2D eigenvalue weighted by molar-refractivity contribution is 7.80. The highest BCUT2D eigenvalue weighted by Crippen LogP contribution is 2.39. The molecule has 1 heterocycles. The summed E-state index contributed by atoms with van der Waals surface area (Å²) in [6, 6.07) is 5.29. The van der Waals surface area contributed by atoms with Crippen molar-refractivity contribution in [3.63, 3.8) is 0 Å². The maximum atomic E-state index is 14.4. The molecular formula is C24H25F7N3O4S-. The molecule has 1 aromatic heterocycles. The number of hydrogen-bond acceptors (Lipinski definition) is 5. The van der Waals surface area contributed by atoms with Crippen molar-refractivity contribution in [2.75, 3.05) is 11.4 Å². The van der Waals surface area contributed by atoms with Crippen LogP contribution in [0, 0.1) is 11.7 Å². The van der Waals surface area contributed by atoms with Crippen LogP contribution < -0.4 is 14.4 Å². The van der Waals surface area contributed by atoms with E-state index >= 15 is 0 Å². The van der Waals surface area contributed by atoms with Crippen LogP contribution >= 0.6 is 0 Å². The summed E-state index contributed by atoms with van der Waals surface area (Å²) in [6.07, 6.45) is -10.5. The van der Waals surface area contributed by atoms with E-state index < -0.39 is 64.9 Å². The Bertz CT molecular complexity index is 1200. The van der Waals surface area contributed by atoms with Gasteiger partial charge in [-0.15, -0.1) is 0 Å². The molecule has 2 atom stereocenters. The van der Waals surface area contributed by atoms with E-state index in [-0.39, 0.29) is 49.0 Å². The summed E-state index contributed by atoms with van der Waals surface area (Å²) in [5, 5.41) is 2.51. The number of nitrogens with one attached hydrogen (secondary N) is 1. The molecule has 7 nitrogen and oxygen atoms in total. The van der Waals surface area contributed by atoms with E-state index in [1.54, 1.807) is 0 Å². The molecule has 39 heavy (non-hydrogen) atoms. The van der Waals surface area contributed by atoms with Gasteiger partial charge in [0, 0.05) is 30.4 Å². The van der Waals surface area contributed by atoms with Gasteiger partial charge in [0.25, 0.3) is 0 Å². The monoisotopic (exact) mass is 584 g/mol. The molecule has 1 amide bonds. The number of carbonyl (C=O) groups is 1. The molecule has 1 aromatic carbocycles. The lowest BCUT2D eigenvalue weighted by Gasteiger charge is -2.30. The third-order valence-electron chi connectivity index (χ3n) is 6.53. The number of amides is 1. The number of ether oxygens (including phenoxy) is 1. The lowest BCUT2D eigenvalue weighted by Crippen LogP contribution is -2.32. The van der Waals surface area contributed by atoms with Gasteiger partial charge >= 0.3 is 12.4 Å². The van der Waals surface area contributed by atoms with E-state index in [1.807, 2.05) is 0 Å². The Kier molecular flexibility index (Phi) is 9.47. The van der Waals surface area contributed by atoms with Crippen LogP contribution in [0.4, 0.5) is 36.4 Å². The van der Waals surface area contributed by atoms with Crippen LogP contribution in [0.1, 0.15) is 55.3 Å². The zero-order valence-electron chi connectivity index (χ0n) is 20.7. The van der Waals surface area contributed by atoms with Gasteiger partial charge in [-0.3, -0.25) is 9.00 Å². The summed E-state index contributed by atoms with van der Waals surface area (Å²) in [5.41, 5.74) is -1.21. The number of benzene rings is 1. The number of alkyl halides is 6. The van der Waals surface area contributed by atoms with Crippen molar-refractivity contribution in [3.05, 3.63) is 53.0 Å². The number of halogens is 7. The average Bonchev–Trinajstić information content (AvgIpc) is 2.86. The molecule has 1 saturated carbocycles. The van der Waals surface area contributed by atoms with Gasteiger partial charge in [-0.05, 0) is 62.4 Å². The second kappa shape index (κ2) is 12.1. The SMILES string of the molecule is CC(C(=O)NCc1ccc(C(F)(F)F)nc1OC1CCC(C(F)(F)F)CC1)c1ccc(N(C)S(=O)[O-])c(F)c1. The lowest BCUT2D eigenvalue weighted by molar-refractivity contribution is -0.185. The zero-order chi connectivity index (χ0) is 29.1. The van der Waals surface area contributed by atoms with Gasteiger partial charge < -0.3 is 18.9 Å². The minimum atomic E-state index is -4.80. The fourth-order valence-electron chi connectivity index (χ4n) is 4.14. The fraction of sp³-hybridized carbons (Fsp3) is 0.500. The third kappa shape index (κ3) is 7.81. The van der Waals surface area contributed by atoms with Crippen LogP contribution in [0.3, 0.4) is 0 Å². The average molecular weight is 585 g/mol. The quantitative estimate of drug-likeness (QED) is 0.332. The fourth-order valence-corrected chi connectivity index (χ4v) is 4.45. The van der Waals surface area contributed by atoms with Crippen molar-refractivity contribution in [3.8, 4) is 5.88 Å². The molecule has 1 N–H and O–H groups in total. The van der Waals surface area contributed by atoms with Crippen molar-refractivity contribution < 1.29 is 49.0 Å². The van der Waals surface area contributed by atoms with Gasteiger partial charge in [0.2, 0.25) is 11.8 Å².